The Morgan fingerprint density at radius 2 is 2.12 bits per heavy atom. The van der Waals surface area contributed by atoms with Crippen molar-refractivity contribution in [2.45, 2.75) is 13.0 Å². The van der Waals surface area contributed by atoms with Crippen LogP contribution in [0.2, 0.25) is 5.02 Å². The van der Waals surface area contributed by atoms with E-state index in [-0.39, 0.29) is 29.9 Å². The third-order valence-electron chi connectivity index (χ3n) is 3.70. The van der Waals surface area contributed by atoms with Gasteiger partial charge in [0.05, 0.1) is 23.8 Å². The molecule has 0 saturated carbocycles. The molecule has 2 rings (SSSR count). The number of nitro benzene ring substituents is 1. The van der Waals surface area contributed by atoms with Gasteiger partial charge >= 0.3 is 0 Å². The zero-order chi connectivity index (χ0) is 18.4. The van der Waals surface area contributed by atoms with Crippen molar-refractivity contribution in [3.8, 4) is 5.75 Å². The largest absolute Gasteiger partial charge is 0.494 e. The number of ether oxygens (including phenoxy) is 1. The van der Waals surface area contributed by atoms with Crippen LogP contribution < -0.4 is 15.4 Å². The van der Waals surface area contributed by atoms with Gasteiger partial charge in [-0.15, -0.1) is 0 Å². The lowest BCUT2D eigenvalue weighted by atomic mass is 10.1. The summed E-state index contributed by atoms with van der Waals surface area (Å²) in [6.45, 7) is 2.17. The van der Waals surface area contributed by atoms with Crippen LogP contribution in [-0.2, 0) is 4.79 Å². The van der Waals surface area contributed by atoms with Gasteiger partial charge in [0.15, 0.2) is 6.54 Å². The van der Waals surface area contributed by atoms with Crippen LogP contribution >= 0.6 is 11.6 Å². The summed E-state index contributed by atoms with van der Waals surface area (Å²) in [5.74, 6) is 0.00599. The number of nitrogens with zero attached hydrogens (tertiary/aromatic N) is 1. The molecule has 132 valence electrons. The average molecular weight is 365 g/mol. The van der Waals surface area contributed by atoms with E-state index in [0.717, 1.165) is 5.56 Å². The summed E-state index contributed by atoms with van der Waals surface area (Å²) in [4.78, 5) is 22.4. The fourth-order valence-corrected chi connectivity index (χ4v) is 2.51. The van der Waals surface area contributed by atoms with E-state index >= 15 is 0 Å². The Morgan fingerprint density at radius 3 is 2.76 bits per heavy atom. The second kappa shape index (κ2) is 8.46. The average Bonchev–Trinajstić information content (AvgIpc) is 2.59. The summed E-state index contributed by atoms with van der Waals surface area (Å²) in [5.41, 5.74) is 1.31. The van der Waals surface area contributed by atoms with Crippen molar-refractivity contribution >= 4 is 28.9 Å². The number of hydrogen-bond donors (Lipinski definition) is 2. The fourth-order valence-electron chi connectivity index (χ4n) is 2.31. The van der Waals surface area contributed by atoms with Crippen molar-refractivity contribution in [2.24, 2.45) is 0 Å². The molecule has 1 atom stereocenters. The molecule has 2 aromatic carbocycles. The molecular formula is C17H19ClN3O4+. The lowest BCUT2D eigenvalue weighted by molar-refractivity contribution is -0.682. The van der Waals surface area contributed by atoms with E-state index in [0.29, 0.717) is 10.7 Å². The zero-order valence-corrected chi connectivity index (χ0v) is 14.6. The van der Waals surface area contributed by atoms with E-state index in [1.807, 2.05) is 30.4 Å². The van der Waals surface area contributed by atoms with Gasteiger partial charge in [-0.2, -0.15) is 0 Å². The number of nitrogens with two attached hydrogens (primary N) is 1. The second-order valence-corrected chi connectivity index (χ2v) is 5.91. The van der Waals surface area contributed by atoms with E-state index in [1.165, 1.54) is 25.3 Å². The number of hydrogen-bond acceptors (Lipinski definition) is 4. The summed E-state index contributed by atoms with van der Waals surface area (Å²) in [7, 11) is 1.39. The van der Waals surface area contributed by atoms with Gasteiger partial charge in [0.25, 0.3) is 11.6 Å². The molecule has 0 radical (unpaired) electrons. The molecule has 0 aliphatic rings. The summed E-state index contributed by atoms with van der Waals surface area (Å²) in [6, 6.07) is 11.6. The van der Waals surface area contributed by atoms with E-state index < -0.39 is 4.92 Å². The molecule has 7 nitrogen and oxygen atoms in total. The lowest BCUT2D eigenvalue weighted by Crippen LogP contribution is -2.86. The highest BCUT2D eigenvalue weighted by Gasteiger charge is 2.16. The van der Waals surface area contributed by atoms with E-state index in [2.05, 4.69) is 5.32 Å². The summed E-state index contributed by atoms with van der Waals surface area (Å²) < 4.78 is 5.10. The topological polar surface area (TPSA) is 98.1 Å². The van der Waals surface area contributed by atoms with Crippen LogP contribution in [0.4, 0.5) is 11.4 Å². The molecule has 1 amide bonds. The number of nitro groups is 1. The van der Waals surface area contributed by atoms with Gasteiger partial charge in [-0.05, 0) is 25.1 Å². The third-order valence-corrected chi connectivity index (χ3v) is 3.94. The predicted octanol–water partition coefficient (Wildman–Crippen LogP) is 2.52. The quantitative estimate of drug-likeness (QED) is 0.582. The molecule has 0 aliphatic heterocycles. The summed E-state index contributed by atoms with van der Waals surface area (Å²) in [6.07, 6.45) is 0. The first-order valence-electron chi connectivity index (χ1n) is 7.61. The lowest BCUT2D eigenvalue weighted by Gasteiger charge is -2.13. The molecule has 2 aromatic rings. The number of benzene rings is 2. The molecule has 0 aliphatic carbocycles. The SMILES string of the molecule is COc1cc([N+](=O)[O-])ccc1NC(=O)C[NH2+][C@H](C)c1cccc(Cl)c1. The molecule has 8 heteroatoms. The number of quaternary nitrogens is 1. The molecule has 0 bridgehead atoms. The van der Waals surface area contributed by atoms with Gasteiger partial charge in [-0.1, -0.05) is 23.7 Å². The summed E-state index contributed by atoms with van der Waals surface area (Å²) >= 11 is 5.97. The maximum absolute atomic E-state index is 12.1. The van der Waals surface area contributed by atoms with Crippen molar-refractivity contribution in [1.82, 2.24) is 0 Å². The third kappa shape index (κ3) is 5.17. The number of nitrogens with one attached hydrogen (secondary N) is 1. The van der Waals surface area contributed by atoms with Gasteiger partial charge < -0.3 is 15.4 Å². The van der Waals surface area contributed by atoms with Gasteiger partial charge in [0.2, 0.25) is 0 Å². The second-order valence-electron chi connectivity index (χ2n) is 5.47. The van der Waals surface area contributed by atoms with Crippen LogP contribution in [-0.4, -0.2) is 24.5 Å². The Balaban J connectivity index is 1.97. The Bertz CT molecular complexity index is 782. The minimum Gasteiger partial charge on any atom is -0.494 e. The van der Waals surface area contributed by atoms with Crippen molar-refractivity contribution < 1.29 is 19.8 Å². The molecule has 0 spiro atoms. The molecular weight excluding hydrogens is 346 g/mol. The van der Waals surface area contributed by atoms with Crippen molar-refractivity contribution in [1.29, 1.82) is 0 Å². The van der Waals surface area contributed by atoms with Crippen molar-refractivity contribution in [2.75, 3.05) is 19.0 Å². The summed E-state index contributed by atoms with van der Waals surface area (Å²) in [5, 5.41) is 16.0. The molecule has 0 unspecified atom stereocenters. The molecule has 0 heterocycles. The molecule has 3 N–H and O–H groups in total. The number of methoxy groups -OCH3 is 1. The fraction of sp³-hybridized carbons (Fsp3) is 0.235. The standard InChI is InChI=1S/C17H18ClN3O4/c1-11(12-4-3-5-13(18)8-12)19-10-17(22)20-15-7-6-14(21(23)24)9-16(15)25-2/h3-9,11,19H,10H2,1-2H3,(H,20,22)/p+1/t11-/m1/s1. The zero-order valence-electron chi connectivity index (χ0n) is 13.9. The Hall–Kier alpha value is -2.64. The minimum atomic E-state index is -0.519. The number of amides is 1. The van der Waals surface area contributed by atoms with Gasteiger partial charge in [0.1, 0.15) is 11.8 Å². The Kier molecular flexibility index (Phi) is 6.32. The van der Waals surface area contributed by atoms with Gasteiger partial charge in [-0.3, -0.25) is 14.9 Å². The number of carbonyl (C=O) groups excluding carboxylic acids is 1. The first-order valence-corrected chi connectivity index (χ1v) is 7.99. The minimum absolute atomic E-state index is 0.0585. The van der Waals surface area contributed by atoms with Crippen molar-refractivity contribution in [3.05, 3.63) is 63.2 Å². The van der Waals surface area contributed by atoms with Gasteiger partial charge in [0, 0.05) is 16.7 Å². The van der Waals surface area contributed by atoms with Crippen LogP contribution in [0.3, 0.4) is 0 Å². The predicted molar refractivity (Wildman–Crippen MR) is 94.9 cm³/mol. The number of rotatable bonds is 7. The first kappa shape index (κ1) is 18.7. The van der Waals surface area contributed by atoms with Crippen LogP contribution in [0.25, 0.3) is 0 Å². The highest BCUT2D eigenvalue weighted by molar-refractivity contribution is 6.30. The molecule has 25 heavy (non-hydrogen) atoms. The van der Waals surface area contributed by atoms with Gasteiger partial charge in [-0.25, -0.2) is 0 Å². The normalized spacial score (nSPS) is 11.6. The maximum Gasteiger partial charge on any atom is 0.279 e. The molecule has 0 saturated heterocycles. The monoisotopic (exact) mass is 364 g/mol. The van der Waals surface area contributed by atoms with E-state index in [9.17, 15) is 14.9 Å². The van der Waals surface area contributed by atoms with Crippen LogP contribution in [0.15, 0.2) is 42.5 Å². The Morgan fingerprint density at radius 1 is 1.36 bits per heavy atom. The highest BCUT2D eigenvalue weighted by atomic mass is 35.5. The highest BCUT2D eigenvalue weighted by Crippen LogP contribution is 2.28. The number of carbonyl (C=O) groups is 1. The maximum atomic E-state index is 12.1. The smallest absolute Gasteiger partial charge is 0.279 e. The Labute approximate surface area is 150 Å². The van der Waals surface area contributed by atoms with Crippen LogP contribution in [0, 0.1) is 10.1 Å². The number of anilines is 1. The van der Waals surface area contributed by atoms with Crippen molar-refractivity contribution in [3.63, 3.8) is 0 Å². The molecule has 0 fully saturated rings. The number of halogens is 1. The van der Waals surface area contributed by atoms with Crippen LogP contribution in [0.5, 0.6) is 5.75 Å². The number of non-ortho nitro benzene ring substituents is 1. The van der Waals surface area contributed by atoms with E-state index in [4.69, 9.17) is 16.3 Å². The first-order chi connectivity index (χ1) is 11.9. The van der Waals surface area contributed by atoms with E-state index in [1.54, 1.807) is 6.07 Å². The molecule has 0 aromatic heterocycles. The van der Waals surface area contributed by atoms with Crippen LogP contribution in [0.1, 0.15) is 18.5 Å².